The molecule has 1 aliphatic rings. The van der Waals surface area contributed by atoms with Gasteiger partial charge in [0.15, 0.2) is 5.82 Å². The fourth-order valence-corrected chi connectivity index (χ4v) is 1.87. The highest BCUT2D eigenvalue weighted by molar-refractivity contribution is 5.07. The second-order valence-electron chi connectivity index (χ2n) is 4.25. The molecule has 0 amide bonds. The van der Waals surface area contributed by atoms with Crippen LogP contribution in [0.15, 0.2) is 0 Å². The van der Waals surface area contributed by atoms with E-state index in [9.17, 15) is 0 Å². The van der Waals surface area contributed by atoms with E-state index in [2.05, 4.69) is 29.0 Å². The summed E-state index contributed by atoms with van der Waals surface area (Å²) < 4.78 is 0. The van der Waals surface area contributed by atoms with Gasteiger partial charge in [0.25, 0.3) is 0 Å². The zero-order chi connectivity index (χ0) is 9.97. The highest BCUT2D eigenvalue weighted by Crippen LogP contribution is 2.38. The summed E-state index contributed by atoms with van der Waals surface area (Å²) in [6.45, 7) is 4.44. The maximum Gasteiger partial charge on any atom is 0.153 e. The highest BCUT2D eigenvalue weighted by Gasteiger charge is 2.27. The molecule has 1 atom stereocenters. The van der Waals surface area contributed by atoms with Crippen LogP contribution in [-0.4, -0.2) is 15.2 Å². The van der Waals surface area contributed by atoms with Gasteiger partial charge in [0, 0.05) is 11.8 Å². The molecule has 0 saturated heterocycles. The van der Waals surface area contributed by atoms with Crippen molar-refractivity contribution >= 4 is 0 Å². The van der Waals surface area contributed by atoms with Crippen LogP contribution < -0.4 is 0 Å². The molecule has 1 aliphatic carbocycles. The summed E-state index contributed by atoms with van der Waals surface area (Å²) in [6.07, 6.45) is 6.15. The van der Waals surface area contributed by atoms with E-state index < -0.39 is 0 Å². The molecule has 1 fully saturated rings. The molecule has 1 unspecified atom stereocenters. The predicted octanol–water partition coefficient (Wildman–Crippen LogP) is 2.98. The number of hydrogen-bond acceptors (Lipinski definition) is 2. The molecular weight excluding hydrogens is 174 g/mol. The zero-order valence-electron chi connectivity index (χ0n) is 9.08. The third-order valence-corrected chi connectivity index (χ3v) is 2.98. The Morgan fingerprint density at radius 3 is 2.79 bits per heavy atom. The van der Waals surface area contributed by atoms with Gasteiger partial charge in [0.1, 0.15) is 5.82 Å². The van der Waals surface area contributed by atoms with E-state index in [0.717, 1.165) is 18.1 Å². The number of aromatic amines is 1. The Hall–Kier alpha value is -0.860. The molecule has 0 spiro atoms. The minimum absolute atomic E-state index is 0.559. The molecule has 0 bridgehead atoms. The van der Waals surface area contributed by atoms with Crippen molar-refractivity contribution in [3.8, 4) is 0 Å². The second-order valence-corrected chi connectivity index (χ2v) is 4.25. The molecule has 1 aromatic heterocycles. The van der Waals surface area contributed by atoms with E-state index >= 15 is 0 Å². The van der Waals surface area contributed by atoms with Gasteiger partial charge in [-0.15, -0.1) is 0 Å². The molecular formula is C11H19N3. The van der Waals surface area contributed by atoms with Crippen molar-refractivity contribution in [2.45, 2.75) is 57.8 Å². The number of H-pyrrole nitrogens is 1. The molecule has 3 heteroatoms. The maximum atomic E-state index is 4.60. The Balaban J connectivity index is 2.05. The minimum Gasteiger partial charge on any atom is -0.263 e. The molecule has 1 N–H and O–H groups in total. The van der Waals surface area contributed by atoms with Crippen molar-refractivity contribution in [2.75, 3.05) is 0 Å². The largest absolute Gasteiger partial charge is 0.263 e. The van der Waals surface area contributed by atoms with Gasteiger partial charge in [-0.2, -0.15) is 5.10 Å². The monoisotopic (exact) mass is 193 g/mol. The number of nitrogens with one attached hydrogen (secondary N) is 1. The van der Waals surface area contributed by atoms with Crippen LogP contribution in [0.25, 0.3) is 0 Å². The average Bonchev–Trinajstić information content (AvgIpc) is 2.94. The van der Waals surface area contributed by atoms with Gasteiger partial charge in [-0.1, -0.05) is 20.3 Å². The maximum absolute atomic E-state index is 4.60. The van der Waals surface area contributed by atoms with Crippen LogP contribution in [0, 0.1) is 0 Å². The molecule has 1 aromatic rings. The Labute approximate surface area is 85.3 Å². The van der Waals surface area contributed by atoms with Gasteiger partial charge >= 0.3 is 0 Å². The number of rotatable bonds is 5. The van der Waals surface area contributed by atoms with Crippen LogP contribution in [0.5, 0.6) is 0 Å². The third-order valence-electron chi connectivity index (χ3n) is 2.98. The van der Waals surface area contributed by atoms with Crippen molar-refractivity contribution in [3.05, 3.63) is 11.6 Å². The first-order valence-electron chi connectivity index (χ1n) is 5.77. The lowest BCUT2D eigenvalue weighted by molar-refractivity contribution is 0.566. The van der Waals surface area contributed by atoms with E-state index in [4.69, 9.17) is 0 Å². The first-order chi connectivity index (χ1) is 6.85. The summed E-state index contributed by atoms with van der Waals surface area (Å²) >= 11 is 0. The van der Waals surface area contributed by atoms with Crippen LogP contribution >= 0.6 is 0 Å². The smallest absolute Gasteiger partial charge is 0.153 e. The number of hydrogen-bond donors (Lipinski definition) is 1. The van der Waals surface area contributed by atoms with E-state index in [1.165, 1.54) is 25.7 Å². The quantitative estimate of drug-likeness (QED) is 0.781. The van der Waals surface area contributed by atoms with Crippen LogP contribution in [0.2, 0.25) is 0 Å². The zero-order valence-corrected chi connectivity index (χ0v) is 9.08. The lowest BCUT2D eigenvalue weighted by Crippen LogP contribution is -1.99. The average molecular weight is 193 g/mol. The first-order valence-corrected chi connectivity index (χ1v) is 5.77. The summed E-state index contributed by atoms with van der Waals surface area (Å²) in [5.41, 5.74) is 0. The van der Waals surface area contributed by atoms with Gasteiger partial charge in [-0.3, -0.25) is 5.10 Å². The molecule has 14 heavy (non-hydrogen) atoms. The van der Waals surface area contributed by atoms with Crippen molar-refractivity contribution in [3.63, 3.8) is 0 Å². The standard InChI is InChI=1S/C11H19N3/c1-3-5-8(4-2)10-12-11(14-13-10)9-6-7-9/h8-9H,3-7H2,1-2H3,(H,12,13,14). The fourth-order valence-electron chi connectivity index (χ4n) is 1.87. The molecule has 1 saturated carbocycles. The van der Waals surface area contributed by atoms with Crippen molar-refractivity contribution in [1.82, 2.24) is 15.2 Å². The van der Waals surface area contributed by atoms with E-state index in [0.29, 0.717) is 11.8 Å². The Morgan fingerprint density at radius 1 is 1.43 bits per heavy atom. The summed E-state index contributed by atoms with van der Waals surface area (Å²) in [5, 5.41) is 7.41. The van der Waals surface area contributed by atoms with Crippen LogP contribution in [0.1, 0.15) is 69.4 Å². The van der Waals surface area contributed by atoms with Crippen molar-refractivity contribution in [2.24, 2.45) is 0 Å². The van der Waals surface area contributed by atoms with E-state index in [1.54, 1.807) is 0 Å². The Morgan fingerprint density at radius 2 is 2.21 bits per heavy atom. The van der Waals surface area contributed by atoms with Crippen molar-refractivity contribution in [1.29, 1.82) is 0 Å². The lowest BCUT2D eigenvalue weighted by atomic mass is 10.0. The third kappa shape index (κ3) is 1.97. The van der Waals surface area contributed by atoms with E-state index in [-0.39, 0.29) is 0 Å². The fraction of sp³-hybridized carbons (Fsp3) is 0.818. The molecule has 78 valence electrons. The first kappa shape index (κ1) is 9.69. The van der Waals surface area contributed by atoms with Gasteiger partial charge in [0.2, 0.25) is 0 Å². The highest BCUT2D eigenvalue weighted by atomic mass is 15.2. The molecule has 0 aromatic carbocycles. The van der Waals surface area contributed by atoms with Crippen molar-refractivity contribution < 1.29 is 0 Å². The van der Waals surface area contributed by atoms with E-state index in [1.807, 2.05) is 0 Å². The summed E-state index contributed by atoms with van der Waals surface area (Å²) in [5.74, 6) is 3.41. The summed E-state index contributed by atoms with van der Waals surface area (Å²) in [7, 11) is 0. The topological polar surface area (TPSA) is 41.6 Å². The minimum atomic E-state index is 0.559. The molecule has 0 radical (unpaired) electrons. The lowest BCUT2D eigenvalue weighted by Gasteiger charge is -2.07. The van der Waals surface area contributed by atoms with Crippen LogP contribution in [-0.2, 0) is 0 Å². The summed E-state index contributed by atoms with van der Waals surface area (Å²) in [4.78, 5) is 4.60. The molecule has 0 aliphatic heterocycles. The number of nitrogens with zero attached hydrogens (tertiary/aromatic N) is 2. The Kier molecular flexibility index (Phi) is 2.85. The van der Waals surface area contributed by atoms with Gasteiger partial charge < -0.3 is 0 Å². The summed E-state index contributed by atoms with van der Waals surface area (Å²) in [6, 6.07) is 0. The Bertz CT molecular complexity index is 288. The van der Waals surface area contributed by atoms with Crippen LogP contribution in [0.3, 0.4) is 0 Å². The van der Waals surface area contributed by atoms with Gasteiger partial charge in [-0.25, -0.2) is 4.98 Å². The predicted molar refractivity (Wildman–Crippen MR) is 56.3 cm³/mol. The van der Waals surface area contributed by atoms with Crippen LogP contribution in [0.4, 0.5) is 0 Å². The molecule has 3 nitrogen and oxygen atoms in total. The SMILES string of the molecule is CCCC(CC)c1n[nH]c(C2CC2)n1. The second kappa shape index (κ2) is 4.11. The number of aromatic nitrogens is 3. The normalized spacial score (nSPS) is 18.4. The molecule has 1 heterocycles. The molecule has 2 rings (SSSR count). The van der Waals surface area contributed by atoms with Gasteiger partial charge in [0.05, 0.1) is 0 Å². The van der Waals surface area contributed by atoms with Gasteiger partial charge in [-0.05, 0) is 25.7 Å².